The van der Waals surface area contributed by atoms with Crippen LogP contribution in [0.25, 0.3) is 0 Å². The molecule has 6 heteroatoms. The van der Waals surface area contributed by atoms with Crippen LogP contribution in [0.5, 0.6) is 0 Å². The van der Waals surface area contributed by atoms with E-state index < -0.39 is 23.6 Å². The summed E-state index contributed by atoms with van der Waals surface area (Å²) in [5, 5.41) is 5.00. The third-order valence-corrected chi connectivity index (χ3v) is 3.55. The van der Waals surface area contributed by atoms with E-state index in [1.165, 1.54) is 13.1 Å². The van der Waals surface area contributed by atoms with E-state index >= 15 is 0 Å². The number of carbonyl (C=O) groups excluding carboxylic acids is 2. The van der Waals surface area contributed by atoms with Gasteiger partial charge in [-0.05, 0) is 30.5 Å². The molecule has 1 aromatic rings. The molecule has 0 spiro atoms. The summed E-state index contributed by atoms with van der Waals surface area (Å²) in [6.07, 6.45) is 2.59. The molecule has 2 rings (SSSR count). The Kier molecular flexibility index (Phi) is 4.32. The fourth-order valence-corrected chi connectivity index (χ4v) is 2.07. The number of hydrogen-bond donors (Lipinski definition) is 2. The molecule has 0 aliphatic heterocycles. The molecule has 0 saturated heterocycles. The minimum Gasteiger partial charge on any atom is -0.357 e. The average Bonchev–Trinajstić information content (AvgIpc) is 2.36. The molecule has 20 heavy (non-hydrogen) atoms. The maximum atomic E-state index is 13.3. The maximum absolute atomic E-state index is 13.3. The molecule has 1 aliphatic carbocycles. The van der Waals surface area contributed by atoms with Crippen molar-refractivity contribution in [1.82, 2.24) is 10.6 Å². The quantitative estimate of drug-likeness (QED) is 0.882. The predicted molar refractivity (Wildman–Crippen MR) is 68.6 cm³/mol. The van der Waals surface area contributed by atoms with Gasteiger partial charge in [-0.3, -0.25) is 9.59 Å². The van der Waals surface area contributed by atoms with Crippen LogP contribution >= 0.6 is 0 Å². The number of carbonyl (C=O) groups is 2. The summed E-state index contributed by atoms with van der Waals surface area (Å²) in [4.78, 5) is 23.8. The molecule has 0 aromatic heterocycles. The van der Waals surface area contributed by atoms with Crippen LogP contribution in [0.1, 0.15) is 30.9 Å². The zero-order chi connectivity index (χ0) is 14.7. The van der Waals surface area contributed by atoms with Crippen LogP contribution in [0.2, 0.25) is 0 Å². The van der Waals surface area contributed by atoms with Crippen molar-refractivity contribution in [3.63, 3.8) is 0 Å². The lowest BCUT2D eigenvalue weighted by Crippen LogP contribution is -2.43. The van der Waals surface area contributed by atoms with Gasteiger partial charge in [0, 0.05) is 13.0 Å². The first-order valence-electron chi connectivity index (χ1n) is 6.50. The maximum Gasteiger partial charge on any atom is 0.246 e. The highest BCUT2D eigenvalue weighted by atomic mass is 19.2. The molecule has 1 aliphatic rings. The Balaban J connectivity index is 2.19. The van der Waals surface area contributed by atoms with Crippen LogP contribution in [-0.2, 0) is 9.59 Å². The van der Waals surface area contributed by atoms with E-state index in [2.05, 4.69) is 10.6 Å². The summed E-state index contributed by atoms with van der Waals surface area (Å²) in [5.41, 5.74) is 0.218. The first kappa shape index (κ1) is 14.4. The van der Waals surface area contributed by atoms with Crippen LogP contribution < -0.4 is 10.6 Å². The first-order valence-corrected chi connectivity index (χ1v) is 6.50. The van der Waals surface area contributed by atoms with Gasteiger partial charge < -0.3 is 10.6 Å². The van der Waals surface area contributed by atoms with Crippen molar-refractivity contribution in [2.24, 2.45) is 5.92 Å². The molecule has 1 unspecified atom stereocenters. The molecule has 1 saturated carbocycles. The Morgan fingerprint density at radius 2 is 1.95 bits per heavy atom. The van der Waals surface area contributed by atoms with Crippen LogP contribution in [0.15, 0.2) is 18.2 Å². The van der Waals surface area contributed by atoms with Gasteiger partial charge in [0.25, 0.3) is 0 Å². The number of hydrogen-bond acceptors (Lipinski definition) is 2. The normalized spacial score (nSPS) is 16.1. The van der Waals surface area contributed by atoms with E-state index in [1.807, 2.05) is 0 Å². The smallest absolute Gasteiger partial charge is 0.246 e. The van der Waals surface area contributed by atoms with Gasteiger partial charge in [0.2, 0.25) is 11.8 Å². The summed E-state index contributed by atoms with van der Waals surface area (Å²) in [7, 11) is 1.42. The number of likely N-dealkylation sites (N-methyl/N-ethyl adjacent to an activating group) is 1. The zero-order valence-electron chi connectivity index (χ0n) is 11.1. The lowest BCUT2D eigenvalue weighted by atomic mass is 9.84. The molecule has 0 bridgehead atoms. The number of rotatable bonds is 4. The van der Waals surface area contributed by atoms with Crippen molar-refractivity contribution in [3.05, 3.63) is 35.4 Å². The van der Waals surface area contributed by atoms with Gasteiger partial charge in [-0.2, -0.15) is 0 Å². The largest absolute Gasteiger partial charge is 0.357 e. The number of benzene rings is 1. The minimum atomic E-state index is -1.05. The number of nitrogens with one attached hydrogen (secondary N) is 2. The Labute approximate surface area is 115 Å². The van der Waals surface area contributed by atoms with Crippen LogP contribution in [0.4, 0.5) is 8.78 Å². The lowest BCUT2D eigenvalue weighted by molar-refractivity contribution is -0.132. The van der Waals surface area contributed by atoms with Gasteiger partial charge >= 0.3 is 0 Å². The molecular weight excluding hydrogens is 266 g/mol. The first-order chi connectivity index (χ1) is 9.52. The average molecular weight is 282 g/mol. The minimum absolute atomic E-state index is 0.0903. The molecule has 0 heterocycles. The van der Waals surface area contributed by atoms with Crippen molar-refractivity contribution in [3.8, 4) is 0 Å². The third kappa shape index (κ3) is 2.95. The highest BCUT2D eigenvalue weighted by Gasteiger charge is 2.30. The SMILES string of the molecule is CNC(=O)C(NC(=O)C1CCC1)c1ccc(F)c(F)c1. The summed E-state index contributed by atoms with van der Waals surface area (Å²) in [5.74, 6) is -2.82. The van der Waals surface area contributed by atoms with Gasteiger partial charge in [0.05, 0.1) is 0 Å². The van der Waals surface area contributed by atoms with E-state index in [0.717, 1.165) is 31.4 Å². The van der Waals surface area contributed by atoms with Crippen LogP contribution in [-0.4, -0.2) is 18.9 Å². The van der Waals surface area contributed by atoms with Gasteiger partial charge in [-0.25, -0.2) is 8.78 Å². The second-order valence-electron chi connectivity index (χ2n) is 4.86. The molecule has 1 atom stereocenters. The molecular formula is C14H16F2N2O2. The van der Waals surface area contributed by atoms with E-state index in [9.17, 15) is 18.4 Å². The summed E-state index contributed by atoms with van der Waals surface area (Å²) in [6, 6.07) is 2.15. The summed E-state index contributed by atoms with van der Waals surface area (Å²) < 4.78 is 26.2. The summed E-state index contributed by atoms with van der Waals surface area (Å²) >= 11 is 0. The summed E-state index contributed by atoms with van der Waals surface area (Å²) in [6.45, 7) is 0. The second-order valence-corrected chi connectivity index (χ2v) is 4.86. The number of halogens is 2. The highest BCUT2D eigenvalue weighted by Crippen LogP contribution is 2.27. The molecule has 4 nitrogen and oxygen atoms in total. The van der Waals surface area contributed by atoms with E-state index in [0.29, 0.717) is 0 Å². The van der Waals surface area contributed by atoms with Crippen molar-refractivity contribution in [1.29, 1.82) is 0 Å². The van der Waals surface area contributed by atoms with Gasteiger partial charge in [0.15, 0.2) is 11.6 Å². The van der Waals surface area contributed by atoms with Crippen molar-refractivity contribution in [2.75, 3.05) is 7.05 Å². The highest BCUT2D eigenvalue weighted by molar-refractivity contribution is 5.89. The van der Waals surface area contributed by atoms with Crippen molar-refractivity contribution >= 4 is 11.8 Å². The third-order valence-electron chi connectivity index (χ3n) is 3.55. The molecule has 108 valence electrons. The Hall–Kier alpha value is -1.98. The Morgan fingerprint density at radius 1 is 1.25 bits per heavy atom. The Bertz CT molecular complexity index is 530. The predicted octanol–water partition coefficient (Wildman–Crippen LogP) is 1.67. The van der Waals surface area contributed by atoms with Crippen molar-refractivity contribution < 1.29 is 18.4 Å². The number of amides is 2. The lowest BCUT2D eigenvalue weighted by Gasteiger charge is -2.27. The van der Waals surface area contributed by atoms with E-state index in [1.54, 1.807) is 0 Å². The van der Waals surface area contributed by atoms with Crippen LogP contribution in [0, 0.1) is 17.6 Å². The van der Waals surface area contributed by atoms with E-state index in [-0.39, 0.29) is 17.4 Å². The fraction of sp³-hybridized carbons (Fsp3) is 0.429. The molecule has 2 amide bonds. The second kappa shape index (κ2) is 5.98. The van der Waals surface area contributed by atoms with Crippen LogP contribution in [0.3, 0.4) is 0 Å². The molecule has 0 radical (unpaired) electrons. The molecule has 1 aromatic carbocycles. The standard InChI is InChI=1S/C14H16F2N2O2/c1-17-14(20)12(18-13(19)8-3-2-4-8)9-5-6-10(15)11(16)7-9/h5-8,12H,2-4H2,1H3,(H,17,20)(H,18,19). The van der Waals surface area contributed by atoms with Crippen molar-refractivity contribution in [2.45, 2.75) is 25.3 Å². The van der Waals surface area contributed by atoms with Gasteiger partial charge in [0.1, 0.15) is 6.04 Å². The zero-order valence-corrected chi connectivity index (χ0v) is 11.1. The molecule has 2 N–H and O–H groups in total. The van der Waals surface area contributed by atoms with Gasteiger partial charge in [-0.1, -0.05) is 12.5 Å². The monoisotopic (exact) mass is 282 g/mol. The fourth-order valence-electron chi connectivity index (χ4n) is 2.07. The topological polar surface area (TPSA) is 58.2 Å². The molecule has 1 fully saturated rings. The van der Waals surface area contributed by atoms with E-state index in [4.69, 9.17) is 0 Å². The Morgan fingerprint density at radius 3 is 2.45 bits per heavy atom. The van der Waals surface area contributed by atoms with Gasteiger partial charge in [-0.15, -0.1) is 0 Å².